The van der Waals surface area contributed by atoms with Crippen LogP contribution in [0, 0.1) is 51.2 Å². The molecule has 0 aromatic heterocycles. The number of rotatable bonds is 6. The summed E-state index contributed by atoms with van der Waals surface area (Å²) in [6.07, 6.45) is -1.22. The van der Waals surface area contributed by atoms with E-state index >= 15 is 0 Å². The smallest absolute Gasteiger partial charge is 0.187 e. The van der Waals surface area contributed by atoms with E-state index in [9.17, 15) is 30.6 Å². The Morgan fingerprint density at radius 1 is 0.827 bits per heavy atom. The van der Waals surface area contributed by atoms with Gasteiger partial charge in [-0.15, -0.1) is 0 Å². The fraction of sp³-hybridized carbons (Fsp3) is 0.950. The third kappa shape index (κ3) is 5.15. The van der Waals surface area contributed by atoms with E-state index in [0.29, 0.717) is 31.0 Å². The molecule has 4 saturated heterocycles. The molecule has 0 aromatic carbocycles. The number of hydrogen-bond acceptors (Lipinski definition) is 12. The molecule has 0 amide bonds. The Morgan fingerprint density at radius 2 is 1.58 bits per heavy atom. The Kier molecular flexibility index (Phi) is 9.27. The van der Waals surface area contributed by atoms with Crippen molar-refractivity contribution >= 4 is 0 Å². The number of aliphatic hydroxyl groups is 6. The molecular weight excluding hydrogens is 672 g/mol. The Labute approximate surface area is 308 Å². The summed E-state index contributed by atoms with van der Waals surface area (Å²) in [6.45, 7) is 16.3. The summed E-state index contributed by atoms with van der Waals surface area (Å²) in [5.74, 6) is 0.303. The van der Waals surface area contributed by atoms with Crippen molar-refractivity contribution in [3.05, 3.63) is 11.6 Å². The van der Waals surface area contributed by atoms with Crippen molar-refractivity contribution in [1.29, 1.82) is 0 Å². The molecule has 6 N–H and O–H groups in total. The summed E-state index contributed by atoms with van der Waals surface area (Å²) in [6, 6.07) is 0. The van der Waals surface area contributed by atoms with Crippen molar-refractivity contribution in [2.24, 2.45) is 51.2 Å². The fourth-order valence-corrected chi connectivity index (χ4v) is 14.1. The molecule has 2 spiro atoms. The van der Waals surface area contributed by atoms with Crippen molar-refractivity contribution in [1.82, 2.24) is 0 Å². The second-order valence-corrected chi connectivity index (χ2v) is 19.6. The number of aliphatic hydroxyl groups excluding tert-OH is 5. The molecule has 52 heavy (non-hydrogen) atoms. The van der Waals surface area contributed by atoms with Gasteiger partial charge in [-0.05, 0) is 93.3 Å². The molecule has 12 heteroatoms. The molecule has 8 fully saturated rings. The van der Waals surface area contributed by atoms with E-state index in [-0.39, 0.29) is 46.2 Å². The summed E-state index contributed by atoms with van der Waals surface area (Å²) in [7, 11) is 0. The van der Waals surface area contributed by atoms with Crippen LogP contribution in [-0.2, 0) is 28.4 Å². The van der Waals surface area contributed by atoms with Gasteiger partial charge in [0.15, 0.2) is 18.4 Å². The van der Waals surface area contributed by atoms with Gasteiger partial charge in [-0.25, -0.2) is 0 Å². The number of ether oxygens (including phenoxy) is 6. The van der Waals surface area contributed by atoms with Gasteiger partial charge in [0, 0.05) is 23.7 Å². The van der Waals surface area contributed by atoms with Gasteiger partial charge in [-0.3, -0.25) is 0 Å². The number of allylic oxidation sites excluding steroid dienone is 1. The van der Waals surface area contributed by atoms with Gasteiger partial charge in [0.1, 0.15) is 36.6 Å². The molecule has 0 aromatic rings. The van der Waals surface area contributed by atoms with Gasteiger partial charge in [-0.1, -0.05) is 39.3 Å². The minimum Gasteiger partial charge on any atom is -0.394 e. The van der Waals surface area contributed by atoms with Gasteiger partial charge in [0.05, 0.1) is 38.1 Å². The fourth-order valence-electron chi connectivity index (χ4n) is 14.1. The highest BCUT2D eigenvalue weighted by molar-refractivity contribution is 5.27. The van der Waals surface area contributed by atoms with E-state index < -0.39 is 67.2 Å². The molecule has 8 rings (SSSR count). The lowest BCUT2D eigenvalue weighted by Crippen LogP contribution is -2.68. The van der Waals surface area contributed by atoms with E-state index in [1.807, 2.05) is 6.92 Å². The van der Waals surface area contributed by atoms with Crippen LogP contribution in [0.5, 0.6) is 0 Å². The van der Waals surface area contributed by atoms with E-state index in [4.69, 9.17) is 28.4 Å². The summed E-state index contributed by atoms with van der Waals surface area (Å²) >= 11 is 0. The Morgan fingerprint density at radius 3 is 2.27 bits per heavy atom. The average molecular weight is 737 g/mol. The molecule has 0 unspecified atom stereocenters. The molecule has 4 saturated carbocycles. The molecule has 4 aliphatic carbocycles. The lowest BCUT2D eigenvalue weighted by Gasteiger charge is -2.70. The van der Waals surface area contributed by atoms with Crippen molar-refractivity contribution in [3.63, 3.8) is 0 Å². The van der Waals surface area contributed by atoms with Crippen LogP contribution in [0.25, 0.3) is 0 Å². The first-order valence-corrected chi connectivity index (χ1v) is 19.9. The maximum atomic E-state index is 12.3. The third-order valence-corrected chi connectivity index (χ3v) is 16.5. The van der Waals surface area contributed by atoms with E-state index in [0.717, 1.165) is 44.9 Å². The topological polar surface area (TPSA) is 177 Å². The van der Waals surface area contributed by atoms with Crippen LogP contribution < -0.4 is 0 Å². The molecule has 0 radical (unpaired) electrons. The van der Waals surface area contributed by atoms with E-state index in [2.05, 4.69) is 47.6 Å². The molecule has 8 aliphatic rings. The van der Waals surface area contributed by atoms with Crippen LogP contribution in [0.4, 0.5) is 0 Å². The van der Waals surface area contributed by atoms with Gasteiger partial charge < -0.3 is 59.1 Å². The van der Waals surface area contributed by atoms with Crippen LogP contribution in [0.3, 0.4) is 0 Å². The van der Waals surface area contributed by atoms with Crippen LogP contribution in [0.2, 0.25) is 0 Å². The van der Waals surface area contributed by atoms with Gasteiger partial charge in [0.25, 0.3) is 0 Å². The van der Waals surface area contributed by atoms with Crippen LogP contribution >= 0.6 is 0 Å². The Balaban J connectivity index is 1.000. The first-order valence-electron chi connectivity index (χ1n) is 19.9. The first-order chi connectivity index (χ1) is 24.4. The zero-order valence-corrected chi connectivity index (χ0v) is 32.1. The van der Waals surface area contributed by atoms with Crippen molar-refractivity contribution in [3.8, 4) is 0 Å². The largest absolute Gasteiger partial charge is 0.394 e. The highest BCUT2D eigenvalue weighted by Gasteiger charge is 2.81. The molecule has 19 atom stereocenters. The number of hydrogen-bond donors (Lipinski definition) is 6. The summed E-state index contributed by atoms with van der Waals surface area (Å²) in [5, 5.41) is 64.6. The maximum Gasteiger partial charge on any atom is 0.187 e. The second kappa shape index (κ2) is 12.6. The van der Waals surface area contributed by atoms with E-state index in [1.165, 1.54) is 5.57 Å². The van der Waals surface area contributed by atoms with Crippen LogP contribution in [0.1, 0.15) is 93.4 Å². The zero-order valence-electron chi connectivity index (χ0n) is 32.1. The Hall–Kier alpha value is -0.740. The molecule has 296 valence electrons. The monoisotopic (exact) mass is 736 g/mol. The minimum absolute atomic E-state index is 0.0239. The molecular formula is C40H64O12. The highest BCUT2D eigenvalue weighted by Crippen LogP contribution is 2.80. The van der Waals surface area contributed by atoms with Crippen molar-refractivity contribution < 1.29 is 59.1 Å². The van der Waals surface area contributed by atoms with Gasteiger partial charge in [0.2, 0.25) is 0 Å². The lowest BCUT2D eigenvalue weighted by atomic mass is 9.35. The highest BCUT2D eigenvalue weighted by atomic mass is 16.7. The van der Waals surface area contributed by atoms with Crippen molar-refractivity contribution in [2.45, 2.75) is 160 Å². The zero-order chi connectivity index (χ0) is 37.4. The molecule has 4 aliphatic heterocycles. The predicted octanol–water partition coefficient (Wildman–Crippen LogP) is 2.64. The van der Waals surface area contributed by atoms with Gasteiger partial charge >= 0.3 is 0 Å². The number of fused-ring (bicyclic) bond motifs is 4. The standard InChI is InChI=1S/C40H64O12/c1-20(2)14-21-16-48-40-18-39(19-49-40)22(32(40)38(21,7)46)8-9-26-36(5)12-11-27(35(3,4)25(36)10-13-37(26,39)6)51-33-30(45)31(23(42)17-47-33)52-34-29(44)28(43)24(15-41)50-34/h14,21-34,41-46H,8-13,15-19H2,1-7H3/t21-,22-,23+,24+,25+,26-,27+,28+,29-,30-,31+,32+,33+,34+,36+,37-,38+,39+,40-/m1/s1. The third-order valence-electron chi connectivity index (χ3n) is 16.5. The predicted molar refractivity (Wildman–Crippen MR) is 186 cm³/mol. The van der Waals surface area contributed by atoms with Crippen LogP contribution in [0.15, 0.2) is 11.6 Å². The summed E-state index contributed by atoms with van der Waals surface area (Å²) in [5.41, 5.74) is 0.0262. The summed E-state index contributed by atoms with van der Waals surface area (Å²) < 4.78 is 37.3. The lowest BCUT2D eigenvalue weighted by molar-refractivity contribution is -0.342. The second-order valence-electron chi connectivity index (χ2n) is 19.6. The SMILES string of the molecule is CC(C)=C[C@@H]1CO[C@]23C[C@]4(CO2)[C@H](CC[C@@H]2[C@@]5(C)CC[C@H](O[C@@H]6OC[C@H](O)[C@H](O[C@@H]7O[C@@H](CO)[C@H](O)[C@H]7O)[C@H]6O)C(C)(C)[C@@H]5CC[C@]24C)[C@H]3[C@@]1(C)O. The molecule has 4 heterocycles. The molecule has 2 bridgehead atoms. The summed E-state index contributed by atoms with van der Waals surface area (Å²) in [4.78, 5) is 0. The van der Waals surface area contributed by atoms with E-state index in [1.54, 1.807) is 0 Å². The maximum absolute atomic E-state index is 12.3. The first kappa shape index (κ1) is 38.1. The Bertz CT molecular complexity index is 1400. The minimum atomic E-state index is -1.45. The normalized spacial score (nSPS) is 57.8. The van der Waals surface area contributed by atoms with Crippen LogP contribution in [-0.4, -0.2) is 124 Å². The van der Waals surface area contributed by atoms with Crippen molar-refractivity contribution in [2.75, 3.05) is 26.4 Å². The average Bonchev–Trinajstić information content (AvgIpc) is 3.70. The molecule has 12 nitrogen and oxygen atoms in total. The quantitative estimate of drug-likeness (QED) is 0.174. The van der Waals surface area contributed by atoms with Gasteiger partial charge in [-0.2, -0.15) is 0 Å².